The van der Waals surface area contributed by atoms with E-state index in [0.29, 0.717) is 6.10 Å². The molecule has 1 saturated heterocycles. The van der Waals surface area contributed by atoms with Gasteiger partial charge in [-0.15, -0.1) is 0 Å². The van der Waals surface area contributed by atoms with Crippen molar-refractivity contribution in [3.63, 3.8) is 0 Å². The fourth-order valence-electron chi connectivity index (χ4n) is 2.07. The van der Waals surface area contributed by atoms with Crippen LogP contribution in [0.15, 0.2) is 36.0 Å². The van der Waals surface area contributed by atoms with Crippen molar-refractivity contribution in [1.29, 1.82) is 0 Å². The Morgan fingerprint density at radius 1 is 1.45 bits per heavy atom. The summed E-state index contributed by atoms with van der Waals surface area (Å²) in [4.78, 5) is 0. The maximum atomic E-state index is 5.63. The Morgan fingerprint density at radius 3 is 3.00 bits per heavy atom. The molecule has 0 aromatic carbocycles. The first-order valence-electron chi connectivity index (χ1n) is 4.12. The summed E-state index contributed by atoms with van der Waals surface area (Å²) in [7, 11) is 0. The molecule has 0 aromatic heterocycles. The quantitative estimate of drug-likeness (QED) is 0.407. The van der Waals surface area contributed by atoms with Crippen LogP contribution in [0, 0.1) is 0 Å². The van der Waals surface area contributed by atoms with Gasteiger partial charge in [-0.25, -0.2) is 0 Å². The molecule has 3 rings (SSSR count). The molecular weight excluding hydrogens is 136 g/mol. The van der Waals surface area contributed by atoms with Crippen molar-refractivity contribution in [2.75, 3.05) is 0 Å². The Morgan fingerprint density at radius 2 is 2.45 bits per heavy atom. The maximum absolute atomic E-state index is 5.63. The number of hydrogen-bond acceptors (Lipinski definition) is 1. The molecule has 1 heterocycles. The zero-order valence-electron chi connectivity index (χ0n) is 6.29. The van der Waals surface area contributed by atoms with Gasteiger partial charge in [0.15, 0.2) is 0 Å². The second-order valence-corrected chi connectivity index (χ2v) is 3.38. The van der Waals surface area contributed by atoms with Gasteiger partial charge >= 0.3 is 0 Å². The molecule has 0 bridgehead atoms. The molecule has 11 heavy (non-hydrogen) atoms. The van der Waals surface area contributed by atoms with Crippen LogP contribution in [-0.2, 0) is 4.74 Å². The fraction of sp³-hybridized carbons (Fsp3) is 0.400. The van der Waals surface area contributed by atoms with Crippen LogP contribution in [0.25, 0.3) is 0 Å². The molecule has 2 atom stereocenters. The van der Waals surface area contributed by atoms with Gasteiger partial charge in [-0.1, -0.05) is 30.4 Å². The monoisotopic (exact) mass is 146 g/mol. The Labute approximate surface area is 66.1 Å². The Hall–Kier alpha value is -0.820. The van der Waals surface area contributed by atoms with Gasteiger partial charge in [0.2, 0.25) is 0 Å². The molecule has 0 amide bonds. The first-order valence-corrected chi connectivity index (χ1v) is 4.12. The van der Waals surface area contributed by atoms with Crippen LogP contribution in [0.5, 0.6) is 0 Å². The highest BCUT2D eigenvalue weighted by Gasteiger charge is 2.58. The van der Waals surface area contributed by atoms with Crippen LogP contribution >= 0.6 is 0 Å². The van der Waals surface area contributed by atoms with Crippen molar-refractivity contribution in [2.45, 2.75) is 24.5 Å². The molecule has 0 radical (unpaired) electrons. The van der Waals surface area contributed by atoms with Gasteiger partial charge in [-0.3, -0.25) is 0 Å². The van der Waals surface area contributed by atoms with Gasteiger partial charge in [0.1, 0.15) is 11.7 Å². The van der Waals surface area contributed by atoms with Crippen molar-refractivity contribution in [1.82, 2.24) is 0 Å². The highest BCUT2D eigenvalue weighted by atomic mass is 16.6. The lowest BCUT2D eigenvalue weighted by Crippen LogP contribution is -2.12. The van der Waals surface area contributed by atoms with Gasteiger partial charge in [0, 0.05) is 6.42 Å². The molecule has 1 heteroatoms. The molecule has 1 fully saturated rings. The molecule has 2 aliphatic carbocycles. The van der Waals surface area contributed by atoms with E-state index in [-0.39, 0.29) is 5.60 Å². The smallest absolute Gasteiger partial charge is 0.124 e. The molecule has 0 aromatic rings. The number of rotatable bonds is 1. The van der Waals surface area contributed by atoms with E-state index in [4.69, 9.17) is 4.74 Å². The van der Waals surface area contributed by atoms with E-state index in [9.17, 15) is 0 Å². The summed E-state index contributed by atoms with van der Waals surface area (Å²) in [6.07, 6.45) is 13.5. The van der Waals surface area contributed by atoms with Crippen molar-refractivity contribution >= 4 is 0 Å². The predicted octanol–water partition coefficient (Wildman–Crippen LogP) is 1.97. The molecule has 1 aliphatic heterocycles. The van der Waals surface area contributed by atoms with Crippen molar-refractivity contribution < 1.29 is 4.74 Å². The Bertz CT molecular complexity index is 285. The van der Waals surface area contributed by atoms with Crippen LogP contribution in [0.2, 0.25) is 0 Å². The maximum Gasteiger partial charge on any atom is 0.124 e. The summed E-state index contributed by atoms with van der Waals surface area (Å²) in [6, 6.07) is 0. The van der Waals surface area contributed by atoms with Gasteiger partial charge in [-0.05, 0) is 12.0 Å². The minimum absolute atomic E-state index is 0.128. The van der Waals surface area contributed by atoms with E-state index in [0.717, 1.165) is 12.8 Å². The average Bonchev–Trinajstić information content (AvgIpc) is 2.56. The molecular formula is C10H10O. The molecule has 2 unspecified atom stereocenters. The highest BCUT2D eigenvalue weighted by Crippen LogP contribution is 2.52. The number of ether oxygens (including phenoxy) is 1. The zero-order chi connectivity index (χ0) is 7.31. The van der Waals surface area contributed by atoms with Crippen LogP contribution in [0.3, 0.4) is 0 Å². The van der Waals surface area contributed by atoms with E-state index in [1.54, 1.807) is 0 Å². The van der Waals surface area contributed by atoms with Gasteiger partial charge in [-0.2, -0.15) is 0 Å². The fourth-order valence-corrected chi connectivity index (χ4v) is 2.07. The first-order chi connectivity index (χ1) is 5.42. The number of allylic oxidation sites excluding steroid dienone is 3. The van der Waals surface area contributed by atoms with Gasteiger partial charge in [0.25, 0.3) is 0 Å². The number of hydrogen-bond donors (Lipinski definition) is 0. The van der Waals surface area contributed by atoms with Gasteiger partial charge in [0.05, 0.1) is 0 Å². The summed E-state index contributed by atoms with van der Waals surface area (Å²) in [6.45, 7) is 0. The normalized spacial score (nSPS) is 44.4. The lowest BCUT2D eigenvalue weighted by molar-refractivity contribution is 0.322. The molecule has 0 N–H and O–H groups in total. The number of epoxide rings is 1. The van der Waals surface area contributed by atoms with E-state index in [2.05, 4.69) is 30.4 Å². The van der Waals surface area contributed by atoms with E-state index in [1.165, 1.54) is 5.57 Å². The van der Waals surface area contributed by atoms with Crippen LogP contribution in [0.1, 0.15) is 12.8 Å². The second-order valence-electron chi connectivity index (χ2n) is 3.38. The van der Waals surface area contributed by atoms with Crippen LogP contribution < -0.4 is 0 Å². The summed E-state index contributed by atoms with van der Waals surface area (Å²) in [5.41, 5.74) is 1.59. The average molecular weight is 146 g/mol. The van der Waals surface area contributed by atoms with Crippen LogP contribution in [-0.4, -0.2) is 11.7 Å². The van der Waals surface area contributed by atoms with Crippen LogP contribution in [0.4, 0.5) is 0 Å². The summed E-state index contributed by atoms with van der Waals surface area (Å²) >= 11 is 0. The predicted molar refractivity (Wildman–Crippen MR) is 43.2 cm³/mol. The molecule has 3 aliphatic rings. The third-order valence-electron chi connectivity index (χ3n) is 2.79. The first kappa shape index (κ1) is 5.78. The van der Waals surface area contributed by atoms with Gasteiger partial charge < -0.3 is 4.74 Å². The summed E-state index contributed by atoms with van der Waals surface area (Å²) in [5, 5.41) is 0. The van der Waals surface area contributed by atoms with E-state index >= 15 is 0 Å². The minimum atomic E-state index is 0.128. The third-order valence-corrected chi connectivity index (χ3v) is 2.79. The Kier molecular flexibility index (Phi) is 0.878. The minimum Gasteiger partial charge on any atom is -0.357 e. The SMILES string of the molecule is C1=CCC(C23CC=CC2O3)=C1. The third kappa shape index (κ3) is 0.596. The zero-order valence-corrected chi connectivity index (χ0v) is 6.29. The highest BCUT2D eigenvalue weighted by molar-refractivity contribution is 5.42. The Balaban J connectivity index is 1.92. The topological polar surface area (TPSA) is 12.5 Å². The largest absolute Gasteiger partial charge is 0.357 e. The lowest BCUT2D eigenvalue weighted by atomic mass is 9.95. The second kappa shape index (κ2) is 1.67. The van der Waals surface area contributed by atoms with Crippen molar-refractivity contribution in [2.24, 2.45) is 0 Å². The lowest BCUT2D eigenvalue weighted by Gasteiger charge is -2.08. The standard InChI is InChI=1S/C10H10O/c1-2-5-8(4-1)10-7-3-6-9(10)11-10/h1-4,6,9H,5,7H2. The molecule has 1 nitrogen and oxygen atoms in total. The van der Waals surface area contributed by atoms with Crippen molar-refractivity contribution in [3.05, 3.63) is 36.0 Å². The van der Waals surface area contributed by atoms with E-state index in [1.807, 2.05) is 0 Å². The molecule has 56 valence electrons. The summed E-state index contributed by atoms with van der Waals surface area (Å²) in [5.74, 6) is 0. The number of fused-ring (bicyclic) bond motifs is 1. The van der Waals surface area contributed by atoms with E-state index < -0.39 is 0 Å². The summed E-state index contributed by atoms with van der Waals surface area (Å²) < 4.78 is 5.63. The molecule has 0 saturated carbocycles. The molecule has 0 spiro atoms. The van der Waals surface area contributed by atoms with Crippen molar-refractivity contribution in [3.8, 4) is 0 Å².